The minimum absolute atomic E-state index is 0.0201. The fraction of sp³-hybridized carbons (Fsp3) is 0.381. The van der Waals surface area contributed by atoms with Gasteiger partial charge in [0.15, 0.2) is 11.3 Å². The molecule has 140 valence electrons. The van der Waals surface area contributed by atoms with Gasteiger partial charge < -0.3 is 9.80 Å². The summed E-state index contributed by atoms with van der Waals surface area (Å²) >= 11 is 0. The van der Waals surface area contributed by atoms with Gasteiger partial charge >= 0.3 is 0 Å². The second kappa shape index (κ2) is 7.88. The fourth-order valence-electron chi connectivity index (χ4n) is 3.77. The number of hydrogen-bond donors (Lipinski definition) is 0. The van der Waals surface area contributed by atoms with Crippen molar-refractivity contribution in [2.75, 3.05) is 26.7 Å². The Bertz CT molecular complexity index is 899. The lowest BCUT2D eigenvalue weighted by atomic mass is 10.0. The van der Waals surface area contributed by atoms with Crippen molar-refractivity contribution in [3.05, 3.63) is 66.1 Å². The van der Waals surface area contributed by atoms with E-state index in [-0.39, 0.29) is 11.9 Å². The largest absolute Gasteiger partial charge is 0.334 e. The zero-order valence-electron chi connectivity index (χ0n) is 15.7. The van der Waals surface area contributed by atoms with Crippen LogP contribution in [0.25, 0.3) is 5.65 Å². The molecule has 0 saturated carbocycles. The van der Waals surface area contributed by atoms with Crippen molar-refractivity contribution in [2.24, 2.45) is 0 Å². The average molecular weight is 363 g/mol. The van der Waals surface area contributed by atoms with E-state index in [0.717, 1.165) is 32.4 Å². The maximum Gasteiger partial charge on any atom is 0.274 e. The first kappa shape index (κ1) is 17.7. The summed E-state index contributed by atoms with van der Waals surface area (Å²) in [4.78, 5) is 22.1. The minimum Gasteiger partial charge on any atom is -0.334 e. The lowest BCUT2D eigenvalue weighted by Crippen LogP contribution is -2.47. The van der Waals surface area contributed by atoms with E-state index in [1.165, 1.54) is 5.56 Å². The van der Waals surface area contributed by atoms with Gasteiger partial charge in [0.1, 0.15) is 0 Å². The molecule has 4 rings (SSSR count). The summed E-state index contributed by atoms with van der Waals surface area (Å²) in [6.45, 7) is 2.74. The predicted octanol–water partition coefficient (Wildman–Crippen LogP) is 2.51. The van der Waals surface area contributed by atoms with E-state index in [2.05, 4.69) is 34.2 Å². The summed E-state index contributed by atoms with van der Waals surface area (Å²) in [6, 6.07) is 14.3. The van der Waals surface area contributed by atoms with Crippen LogP contribution in [0, 0.1) is 0 Å². The molecule has 6 nitrogen and oxygen atoms in total. The molecule has 1 amide bonds. The van der Waals surface area contributed by atoms with E-state index < -0.39 is 0 Å². The molecule has 0 aliphatic carbocycles. The van der Waals surface area contributed by atoms with Crippen molar-refractivity contribution in [3.63, 3.8) is 0 Å². The van der Waals surface area contributed by atoms with E-state index >= 15 is 0 Å². The number of hydrogen-bond acceptors (Lipinski definition) is 4. The third-order valence-electron chi connectivity index (χ3n) is 5.37. The smallest absolute Gasteiger partial charge is 0.274 e. The van der Waals surface area contributed by atoms with E-state index in [9.17, 15) is 4.79 Å². The monoisotopic (exact) mass is 363 g/mol. The third-order valence-corrected chi connectivity index (χ3v) is 5.37. The number of fused-ring (bicyclic) bond motifs is 1. The summed E-state index contributed by atoms with van der Waals surface area (Å²) in [5.74, 6) is 0.0201. The van der Waals surface area contributed by atoms with Crippen molar-refractivity contribution in [3.8, 4) is 0 Å². The van der Waals surface area contributed by atoms with Crippen molar-refractivity contribution in [1.29, 1.82) is 0 Å². The van der Waals surface area contributed by atoms with Gasteiger partial charge in [-0.2, -0.15) is 5.10 Å². The Morgan fingerprint density at radius 1 is 1.15 bits per heavy atom. The number of rotatable bonds is 5. The Kier molecular flexibility index (Phi) is 5.16. The molecule has 1 aliphatic rings. The first-order chi connectivity index (χ1) is 13.2. The van der Waals surface area contributed by atoms with Crippen LogP contribution in [-0.4, -0.2) is 63.0 Å². The van der Waals surface area contributed by atoms with Crippen LogP contribution in [0.15, 0.2) is 54.9 Å². The van der Waals surface area contributed by atoms with E-state index in [1.807, 2.05) is 35.2 Å². The predicted molar refractivity (Wildman–Crippen MR) is 105 cm³/mol. The van der Waals surface area contributed by atoms with Gasteiger partial charge in [-0.05, 0) is 57.1 Å². The number of aromatic nitrogens is 3. The van der Waals surface area contributed by atoms with Gasteiger partial charge in [-0.25, -0.2) is 9.50 Å². The highest BCUT2D eigenvalue weighted by Crippen LogP contribution is 2.19. The van der Waals surface area contributed by atoms with Gasteiger partial charge in [-0.15, -0.1) is 0 Å². The molecular formula is C21H25N5O. The molecule has 1 saturated heterocycles. The molecule has 2 aromatic heterocycles. The van der Waals surface area contributed by atoms with Crippen LogP contribution in [0.1, 0.15) is 28.9 Å². The molecule has 3 heterocycles. The van der Waals surface area contributed by atoms with Crippen molar-refractivity contribution < 1.29 is 4.79 Å². The van der Waals surface area contributed by atoms with Crippen molar-refractivity contribution in [1.82, 2.24) is 24.4 Å². The maximum absolute atomic E-state index is 13.4. The van der Waals surface area contributed by atoms with Crippen LogP contribution in [-0.2, 0) is 6.42 Å². The molecule has 0 radical (unpaired) electrons. The van der Waals surface area contributed by atoms with E-state index in [1.54, 1.807) is 16.9 Å². The SMILES string of the molecule is CN1CCC(N(CCc2ccccc2)C(=O)c2cnc3cccnn23)CC1. The Morgan fingerprint density at radius 2 is 1.93 bits per heavy atom. The van der Waals surface area contributed by atoms with Crippen LogP contribution in [0.4, 0.5) is 0 Å². The lowest BCUT2D eigenvalue weighted by Gasteiger charge is -2.37. The standard InChI is InChI=1S/C21H25N5O/c1-24-13-10-18(11-14-24)25(15-9-17-6-3-2-4-7-17)21(27)19-16-22-20-8-5-12-23-26(19)20/h2-8,12,16,18H,9-11,13-15H2,1H3. The molecule has 3 aromatic rings. The normalized spacial score (nSPS) is 15.9. The molecule has 1 fully saturated rings. The number of benzene rings is 1. The third kappa shape index (κ3) is 3.85. The zero-order chi connectivity index (χ0) is 18.6. The van der Waals surface area contributed by atoms with Gasteiger partial charge in [0.25, 0.3) is 5.91 Å². The second-order valence-electron chi connectivity index (χ2n) is 7.21. The topological polar surface area (TPSA) is 53.7 Å². The van der Waals surface area contributed by atoms with Crippen LogP contribution in [0.2, 0.25) is 0 Å². The van der Waals surface area contributed by atoms with Gasteiger partial charge in [0.05, 0.1) is 6.20 Å². The molecule has 0 N–H and O–H groups in total. The van der Waals surface area contributed by atoms with Crippen LogP contribution in [0.5, 0.6) is 0 Å². The molecule has 1 aromatic carbocycles. The average Bonchev–Trinajstić information content (AvgIpc) is 3.14. The zero-order valence-corrected chi connectivity index (χ0v) is 15.7. The summed E-state index contributed by atoms with van der Waals surface area (Å²) < 4.78 is 1.65. The van der Waals surface area contributed by atoms with E-state index in [4.69, 9.17) is 0 Å². The van der Waals surface area contributed by atoms with Gasteiger partial charge in [-0.3, -0.25) is 4.79 Å². The molecule has 0 unspecified atom stereocenters. The number of piperidine rings is 1. The number of carbonyl (C=O) groups is 1. The van der Waals surface area contributed by atoms with Crippen LogP contribution >= 0.6 is 0 Å². The maximum atomic E-state index is 13.4. The first-order valence-corrected chi connectivity index (χ1v) is 9.54. The number of imidazole rings is 1. The summed E-state index contributed by atoms with van der Waals surface area (Å²) in [5, 5.41) is 4.32. The Hall–Kier alpha value is -2.73. The number of likely N-dealkylation sites (tertiary alicyclic amines) is 1. The molecule has 0 spiro atoms. The molecule has 6 heteroatoms. The fourth-order valence-corrected chi connectivity index (χ4v) is 3.77. The van der Waals surface area contributed by atoms with Gasteiger partial charge in [-0.1, -0.05) is 30.3 Å². The highest BCUT2D eigenvalue weighted by molar-refractivity contribution is 5.93. The summed E-state index contributed by atoms with van der Waals surface area (Å²) in [6.07, 6.45) is 6.19. The summed E-state index contributed by atoms with van der Waals surface area (Å²) in [5.41, 5.74) is 2.49. The Morgan fingerprint density at radius 3 is 2.70 bits per heavy atom. The minimum atomic E-state index is 0.0201. The van der Waals surface area contributed by atoms with Crippen molar-refractivity contribution >= 4 is 11.6 Å². The molecule has 0 atom stereocenters. The van der Waals surface area contributed by atoms with Crippen LogP contribution < -0.4 is 0 Å². The Balaban J connectivity index is 1.59. The second-order valence-corrected chi connectivity index (χ2v) is 7.21. The quantitative estimate of drug-likeness (QED) is 0.699. The molecular weight excluding hydrogens is 338 g/mol. The summed E-state index contributed by atoms with van der Waals surface area (Å²) in [7, 11) is 2.14. The number of nitrogens with zero attached hydrogens (tertiary/aromatic N) is 5. The highest BCUT2D eigenvalue weighted by atomic mass is 16.2. The molecule has 0 bridgehead atoms. The van der Waals surface area contributed by atoms with E-state index in [0.29, 0.717) is 17.9 Å². The number of amides is 1. The van der Waals surface area contributed by atoms with Crippen LogP contribution in [0.3, 0.4) is 0 Å². The lowest BCUT2D eigenvalue weighted by molar-refractivity contribution is 0.0586. The number of carbonyl (C=O) groups excluding carboxylic acids is 1. The highest BCUT2D eigenvalue weighted by Gasteiger charge is 2.29. The van der Waals surface area contributed by atoms with Gasteiger partial charge in [0, 0.05) is 18.8 Å². The molecule has 27 heavy (non-hydrogen) atoms. The molecule has 1 aliphatic heterocycles. The van der Waals surface area contributed by atoms with Crippen molar-refractivity contribution in [2.45, 2.75) is 25.3 Å². The van der Waals surface area contributed by atoms with Gasteiger partial charge in [0.2, 0.25) is 0 Å². The Labute approximate surface area is 159 Å². The first-order valence-electron chi connectivity index (χ1n) is 9.54.